The van der Waals surface area contributed by atoms with Gasteiger partial charge in [-0.05, 0) is 49.4 Å². The highest BCUT2D eigenvalue weighted by molar-refractivity contribution is 5.94. The second kappa shape index (κ2) is 11.0. The molecule has 0 bridgehead atoms. The van der Waals surface area contributed by atoms with Gasteiger partial charge >= 0.3 is 5.97 Å². The quantitative estimate of drug-likeness (QED) is 0.520. The molecule has 144 valence electrons. The van der Waals surface area contributed by atoms with E-state index in [4.69, 9.17) is 4.74 Å². The van der Waals surface area contributed by atoms with E-state index in [0.717, 1.165) is 25.0 Å². The molecule has 6 nitrogen and oxygen atoms in total. The van der Waals surface area contributed by atoms with E-state index in [1.807, 2.05) is 30.3 Å². The minimum Gasteiger partial charge on any atom is -0.480 e. The number of carbonyl (C=O) groups is 2. The highest BCUT2D eigenvalue weighted by atomic mass is 16.5. The number of para-hydroxylation sites is 1. The Hall–Kier alpha value is -2.86. The van der Waals surface area contributed by atoms with Crippen molar-refractivity contribution in [2.75, 3.05) is 11.9 Å². The van der Waals surface area contributed by atoms with Gasteiger partial charge in [0, 0.05) is 5.69 Å². The van der Waals surface area contributed by atoms with Crippen molar-refractivity contribution >= 4 is 17.6 Å². The zero-order chi connectivity index (χ0) is 19.5. The molecule has 6 heteroatoms. The molecule has 0 aliphatic heterocycles. The fraction of sp³-hybridized carbons (Fsp3) is 0.333. The molecule has 0 aromatic heterocycles. The molecule has 0 heterocycles. The minimum absolute atomic E-state index is 0.121. The number of hydrogen-bond donors (Lipinski definition) is 3. The van der Waals surface area contributed by atoms with Gasteiger partial charge in [-0.1, -0.05) is 38.0 Å². The van der Waals surface area contributed by atoms with Crippen LogP contribution in [0.1, 0.15) is 32.6 Å². The Morgan fingerprint density at radius 2 is 1.67 bits per heavy atom. The molecule has 2 aromatic rings. The third-order valence-corrected chi connectivity index (χ3v) is 3.98. The SMILES string of the molecule is CCCCCN[C@@H](CC(=O)Nc1ccc(Oc2ccccc2)cc1)C(=O)O. The molecule has 0 fully saturated rings. The lowest BCUT2D eigenvalue weighted by Crippen LogP contribution is -2.40. The topological polar surface area (TPSA) is 87.7 Å². The number of hydrogen-bond acceptors (Lipinski definition) is 4. The van der Waals surface area contributed by atoms with E-state index in [0.29, 0.717) is 18.0 Å². The first-order chi connectivity index (χ1) is 13.1. The van der Waals surface area contributed by atoms with Crippen molar-refractivity contribution < 1.29 is 19.4 Å². The summed E-state index contributed by atoms with van der Waals surface area (Å²) >= 11 is 0. The van der Waals surface area contributed by atoms with E-state index in [1.165, 1.54) is 0 Å². The molecular weight excluding hydrogens is 344 g/mol. The van der Waals surface area contributed by atoms with Gasteiger partial charge in [-0.15, -0.1) is 0 Å². The Kier molecular flexibility index (Phi) is 8.32. The number of carboxylic acids is 1. The van der Waals surface area contributed by atoms with Gasteiger partial charge in [0.05, 0.1) is 6.42 Å². The van der Waals surface area contributed by atoms with E-state index < -0.39 is 12.0 Å². The van der Waals surface area contributed by atoms with Crippen molar-refractivity contribution in [2.24, 2.45) is 0 Å². The predicted octanol–water partition coefficient (Wildman–Crippen LogP) is 4.04. The van der Waals surface area contributed by atoms with E-state index >= 15 is 0 Å². The first kappa shape index (κ1) is 20.5. The number of aliphatic carboxylic acids is 1. The van der Waals surface area contributed by atoms with Gasteiger partial charge in [-0.3, -0.25) is 9.59 Å². The Bertz CT molecular complexity index is 717. The van der Waals surface area contributed by atoms with Crippen LogP contribution in [-0.2, 0) is 9.59 Å². The summed E-state index contributed by atoms with van der Waals surface area (Å²) in [6, 6.07) is 15.5. The van der Waals surface area contributed by atoms with Crippen LogP contribution in [-0.4, -0.2) is 29.6 Å². The van der Waals surface area contributed by atoms with Gasteiger partial charge in [-0.2, -0.15) is 0 Å². The summed E-state index contributed by atoms with van der Waals surface area (Å²) in [5.74, 6) is 0.0170. The Balaban J connectivity index is 1.84. The summed E-state index contributed by atoms with van der Waals surface area (Å²) in [5, 5.41) is 14.9. The second-order valence-electron chi connectivity index (χ2n) is 6.24. The van der Waals surface area contributed by atoms with E-state index in [-0.39, 0.29) is 12.3 Å². The summed E-state index contributed by atoms with van der Waals surface area (Å²) in [6.45, 7) is 2.67. The summed E-state index contributed by atoms with van der Waals surface area (Å²) in [4.78, 5) is 23.5. The average molecular weight is 370 g/mol. The molecule has 27 heavy (non-hydrogen) atoms. The summed E-state index contributed by atoms with van der Waals surface area (Å²) in [6.07, 6.45) is 2.86. The van der Waals surface area contributed by atoms with Crippen molar-refractivity contribution in [3.05, 3.63) is 54.6 Å². The summed E-state index contributed by atoms with van der Waals surface area (Å²) < 4.78 is 5.70. The number of ether oxygens (including phenoxy) is 1. The molecule has 0 saturated heterocycles. The van der Waals surface area contributed by atoms with Crippen molar-refractivity contribution in [2.45, 2.75) is 38.6 Å². The van der Waals surface area contributed by atoms with Crippen LogP contribution in [0.5, 0.6) is 11.5 Å². The van der Waals surface area contributed by atoms with Crippen LogP contribution in [0.25, 0.3) is 0 Å². The standard InChI is InChI=1S/C21H26N2O4/c1-2-3-7-14-22-19(21(25)26)15-20(24)23-16-10-12-18(13-11-16)27-17-8-5-4-6-9-17/h4-6,8-13,19,22H,2-3,7,14-15H2,1H3,(H,23,24)(H,25,26)/t19-/m0/s1. The molecule has 1 atom stereocenters. The third-order valence-electron chi connectivity index (χ3n) is 3.98. The molecule has 0 unspecified atom stereocenters. The molecular formula is C21H26N2O4. The number of amides is 1. The maximum atomic E-state index is 12.1. The van der Waals surface area contributed by atoms with Crippen molar-refractivity contribution in [1.82, 2.24) is 5.32 Å². The van der Waals surface area contributed by atoms with Crippen LogP contribution in [0, 0.1) is 0 Å². The lowest BCUT2D eigenvalue weighted by molar-refractivity contribution is -0.141. The normalized spacial score (nSPS) is 11.6. The van der Waals surface area contributed by atoms with Crippen molar-refractivity contribution in [3.63, 3.8) is 0 Å². The fourth-order valence-corrected chi connectivity index (χ4v) is 2.53. The lowest BCUT2D eigenvalue weighted by atomic mass is 10.1. The Morgan fingerprint density at radius 1 is 1.00 bits per heavy atom. The van der Waals surface area contributed by atoms with Crippen LogP contribution < -0.4 is 15.4 Å². The molecule has 2 aromatic carbocycles. The van der Waals surface area contributed by atoms with Gasteiger partial charge < -0.3 is 20.5 Å². The van der Waals surface area contributed by atoms with Crippen LogP contribution in [0.4, 0.5) is 5.69 Å². The highest BCUT2D eigenvalue weighted by Crippen LogP contribution is 2.22. The highest BCUT2D eigenvalue weighted by Gasteiger charge is 2.20. The first-order valence-corrected chi connectivity index (χ1v) is 9.17. The number of anilines is 1. The fourth-order valence-electron chi connectivity index (χ4n) is 2.53. The van der Waals surface area contributed by atoms with E-state index in [1.54, 1.807) is 24.3 Å². The van der Waals surface area contributed by atoms with Crippen LogP contribution >= 0.6 is 0 Å². The number of benzene rings is 2. The number of carboxylic acid groups (broad SMARTS) is 1. The van der Waals surface area contributed by atoms with Gasteiger partial charge in [-0.25, -0.2) is 0 Å². The molecule has 0 saturated carbocycles. The van der Waals surface area contributed by atoms with Gasteiger partial charge in [0.2, 0.25) is 5.91 Å². The van der Waals surface area contributed by atoms with Crippen molar-refractivity contribution in [1.29, 1.82) is 0 Å². The third kappa shape index (κ3) is 7.50. The molecule has 0 spiro atoms. The summed E-state index contributed by atoms with van der Waals surface area (Å²) in [7, 11) is 0. The zero-order valence-electron chi connectivity index (χ0n) is 15.5. The number of rotatable bonds is 11. The molecule has 0 radical (unpaired) electrons. The van der Waals surface area contributed by atoms with Gasteiger partial charge in [0.1, 0.15) is 17.5 Å². The number of unbranched alkanes of at least 4 members (excludes halogenated alkanes) is 2. The monoisotopic (exact) mass is 370 g/mol. The molecule has 1 amide bonds. The van der Waals surface area contributed by atoms with Crippen molar-refractivity contribution in [3.8, 4) is 11.5 Å². The van der Waals surface area contributed by atoms with E-state index in [9.17, 15) is 14.7 Å². The molecule has 0 aliphatic carbocycles. The molecule has 2 rings (SSSR count). The maximum Gasteiger partial charge on any atom is 0.321 e. The smallest absolute Gasteiger partial charge is 0.321 e. The Morgan fingerprint density at radius 3 is 2.30 bits per heavy atom. The number of carbonyl (C=O) groups excluding carboxylic acids is 1. The first-order valence-electron chi connectivity index (χ1n) is 9.17. The maximum absolute atomic E-state index is 12.1. The zero-order valence-corrected chi connectivity index (χ0v) is 15.5. The van der Waals surface area contributed by atoms with E-state index in [2.05, 4.69) is 17.6 Å². The summed E-state index contributed by atoms with van der Waals surface area (Å²) in [5.41, 5.74) is 0.593. The van der Waals surface area contributed by atoms with Gasteiger partial charge in [0.25, 0.3) is 0 Å². The Labute approximate surface area is 159 Å². The van der Waals surface area contributed by atoms with Crippen LogP contribution in [0.2, 0.25) is 0 Å². The molecule has 3 N–H and O–H groups in total. The average Bonchev–Trinajstić information content (AvgIpc) is 2.66. The van der Waals surface area contributed by atoms with Gasteiger partial charge in [0.15, 0.2) is 0 Å². The second-order valence-corrected chi connectivity index (χ2v) is 6.24. The predicted molar refractivity (Wildman–Crippen MR) is 105 cm³/mol. The molecule has 0 aliphatic rings. The van der Waals surface area contributed by atoms with Crippen LogP contribution in [0.3, 0.4) is 0 Å². The minimum atomic E-state index is -1.02. The van der Waals surface area contributed by atoms with Crippen LogP contribution in [0.15, 0.2) is 54.6 Å². The lowest BCUT2D eigenvalue weighted by Gasteiger charge is -2.14. The number of nitrogens with one attached hydrogen (secondary N) is 2. The largest absolute Gasteiger partial charge is 0.480 e.